The highest BCUT2D eigenvalue weighted by Gasteiger charge is 2.13. The van der Waals surface area contributed by atoms with Crippen LogP contribution in [0.5, 0.6) is 0 Å². The normalized spacial score (nSPS) is 10.5. The Morgan fingerprint density at radius 1 is 1.31 bits per heavy atom. The summed E-state index contributed by atoms with van der Waals surface area (Å²) >= 11 is 0. The van der Waals surface area contributed by atoms with E-state index in [1.807, 2.05) is 13.1 Å². The van der Waals surface area contributed by atoms with Crippen LogP contribution in [0.2, 0.25) is 0 Å². The largest absolute Gasteiger partial charge is 0.379 e. The number of carbonyl (C=O) groups excluding carboxylic acids is 1. The second-order valence-electron chi connectivity index (χ2n) is 5.55. The van der Waals surface area contributed by atoms with Crippen molar-refractivity contribution in [3.05, 3.63) is 59.8 Å². The molecule has 26 heavy (non-hydrogen) atoms. The van der Waals surface area contributed by atoms with Crippen molar-refractivity contribution in [1.29, 1.82) is 0 Å². The molecule has 1 amide bonds. The third kappa shape index (κ3) is 4.12. The van der Waals surface area contributed by atoms with Crippen LogP contribution in [0, 0.1) is 5.82 Å². The van der Waals surface area contributed by atoms with Gasteiger partial charge < -0.3 is 16.4 Å². The summed E-state index contributed by atoms with van der Waals surface area (Å²) in [5, 5.41) is 18.1. The summed E-state index contributed by atoms with van der Waals surface area (Å²) in [6.07, 6.45) is 3.48. The van der Waals surface area contributed by atoms with Crippen LogP contribution in [-0.2, 0) is 13.1 Å². The minimum Gasteiger partial charge on any atom is -0.379 e. The minimum absolute atomic E-state index is 0.0104. The molecule has 9 heteroatoms. The predicted octanol–water partition coefficient (Wildman–Crippen LogP) is 2.29. The van der Waals surface area contributed by atoms with E-state index in [0.717, 1.165) is 17.8 Å². The van der Waals surface area contributed by atoms with Crippen molar-refractivity contribution in [1.82, 2.24) is 20.0 Å². The van der Waals surface area contributed by atoms with Gasteiger partial charge in [-0.25, -0.2) is 4.39 Å². The van der Waals surface area contributed by atoms with Crippen LogP contribution in [0.15, 0.2) is 42.7 Å². The molecule has 1 aromatic carbocycles. The Hall–Kier alpha value is -3.49. The summed E-state index contributed by atoms with van der Waals surface area (Å²) in [4.78, 5) is 11.6. The molecule has 3 aromatic rings. The molecule has 8 nitrogen and oxygen atoms in total. The van der Waals surface area contributed by atoms with Gasteiger partial charge in [0.15, 0.2) is 11.5 Å². The SMILES string of the molecule is CCn1cc(Nc2cc(NCc3cccc(F)c3)c(C(N)=O)nn2)cn1. The van der Waals surface area contributed by atoms with Crippen molar-refractivity contribution < 1.29 is 9.18 Å². The van der Waals surface area contributed by atoms with Crippen LogP contribution in [0.1, 0.15) is 23.0 Å². The lowest BCUT2D eigenvalue weighted by atomic mass is 10.2. The van der Waals surface area contributed by atoms with E-state index < -0.39 is 5.91 Å². The highest BCUT2D eigenvalue weighted by atomic mass is 19.1. The standard InChI is InChI=1S/C17H18FN7O/c1-2-25-10-13(9-21-25)22-15-7-14(16(17(19)26)24-23-15)20-8-11-4-3-5-12(18)6-11/h3-7,9-10H,2,8H2,1H3,(H2,19,26)(H2,20,22,23). The van der Waals surface area contributed by atoms with Gasteiger partial charge in [-0.3, -0.25) is 9.48 Å². The van der Waals surface area contributed by atoms with Gasteiger partial charge in [-0.1, -0.05) is 12.1 Å². The van der Waals surface area contributed by atoms with Gasteiger partial charge in [0.05, 0.1) is 17.6 Å². The zero-order valence-electron chi connectivity index (χ0n) is 14.1. The van der Waals surface area contributed by atoms with Gasteiger partial charge >= 0.3 is 0 Å². The first kappa shape index (κ1) is 17.3. The Balaban J connectivity index is 1.80. The third-order valence-electron chi connectivity index (χ3n) is 3.63. The molecule has 2 aromatic heterocycles. The van der Waals surface area contributed by atoms with Crippen molar-refractivity contribution in [2.24, 2.45) is 5.73 Å². The van der Waals surface area contributed by atoms with Gasteiger partial charge in [-0.05, 0) is 24.6 Å². The highest BCUT2D eigenvalue weighted by Crippen LogP contribution is 2.20. The summed E-state index contributed by atoms with van der Waals surface area (Å²) in [6, 6.07) is 7.78. The number of aryl methyl sites for hydroxylation is 1. The van der Waals surface area contributed by atoms with Gasteiger partial charge in [0.2, 0.25) is 0 Å². The maximum Gasteiger partial charge on any atom is 0.271 e. The number of carbonyl (C=O) groups is 1. The van der Waals surface area contributed by atoms with Gasteiger partial charge in [-0.15, -0.1) is 10.2 Å². The van der Waals surface area contributed by atoms with Gasteiger partial charge in [0, 0.05) is 25.4 Å². The summed E-state index contributed by atoms with van der Waals surface area (Å²) in [7, 11) is 0. The lowest BCUT2D eigenvalue weighted by Crippen LogP contribution is -2.17. The van der Waals surface area contributed by atoms with Crippen molar-refractivity contribution in [3.8, 4) is 0 Å². The molecule has 0 fully saturated rings. The molecule has 0 bridgehead atoms. The minimum atomic E-state index is -0.704. The summed E-state index contributed by atoms with van der Waals surface area (Å²) in [6.45, 7) is 3.03. The number of aromatic nitrogens is 4. The topological polar surface area (TPSA) is 111 Å². The number of anilines is 3. The molecular weight excluding hydrogens is 337 g/mol. The zero-order valence-corrected chi connectivity index (χ0v) is 14.1. The fourth-order valence-corrected chi connectivity index (χ4v) is 2.36. The van der Waals surface area contributed by atoms with Crippen LogP contribution in [0.4, 0.5) is 21.6 Å². The van der Waals surface area contributed by atoms with E-state index in [1.165, 1.54) is 12.1 Å². The summed E-state index contributed by atoms with van der Waals surface area (Å²) in [5.74, 6) is -0.612. The molecule has 0 spiro atoms. The predicted molar refractivity (Wildman–Crippen MR) is 95.5 cm³/mol. The number of halogens is 1. The first-order valence-corrected chi connectivity index (χ1v) is 8.00. The fraction of sp³-hybridized carbons (Fsp3) is 0.176. The molecule has 0 atom stereocenters. The number of nitrogens with zero attached hydrogens (tertiary/aromatic N) is 4. The Morgan fingerprint density at radius 3 is 2.85 bits per heavy atom. The third-order valence-corrected chi connectivity index (χ3v) is 3.63. The molecule has 0 saturated carbocycles. The maximum atomic E-state index is 13.3. The molecule has 2 heterocycles. The van der Waals surface area contributed by atoms with Crippen molar-refractivity contribution >= 4 is 23.1 Å². The Kier molecular flexibility index (Phi) is 5.07. The second kappa shape index (κ2) is 7.60. The lowest BCUT2D eigenvalue weighted by Gasteiger charge is -2.11. The average Bonchev–Trinajstić information content (AvgIpc) is 3.07. The number of rotatable bonds is 7. The molecule has 0 unspecified atom stereocenters. The smallest absolute Gasteiger partial charge is 0.271 e. The lowest BCUT2D eigenvalue weighted by molar-refractivity contribution is 0.0995. The van der Waals surface area contributed by atoms with Crippen molar-refractivity contribution in [2.45, 2.75) is 20.0 Å². The van der Waals surface area contributed by atoms with Crippen molar-refractivity contribution in [2.75, 3.05) is 10.6 Å². The number of primary amides is 1. The van der Waals surface area contributed by atoms with Crippen LogP contribution in [-0.4, -0.2) is 25.9 Å². The Bertz CT molecular complexity index is 925. The average molecular weight is 355 g/mol. The first-order chi connectivity index (χ1) is 12.5. The number of amides is 1. The van der Waals surface area contributed by atoms with Crippen LogP contribution >= 0.6 is 0 Å². The van der Waals surface area contributed by atoms with E-state index >= 15 is 0 Å². The molecule has 0 aliphatic heterocycles. The maximum absolute atomic E-state index is 13.3. The Labute approximate surface area is 149 Å². The Morgan fingerprint density at radius 2 is 2.15 bits per heavy atom. The van der Waals surface area contributed by atoms with E-state index in [4.69, 9.17) is 5.73 Å². The molecule has 0 saturated heterocycles. The number of nitrogens with two attached hydrogens (primary N) is 1. The fourth-order valence-electron chi connectivity index (χ4n) is 2.36. The van der Waals surface area contributed by atoms with Crippen molar-refractivity contribution in [3.63, 3.8) is 0 Å². The van der Waals surface area contributed by atoms with Gasteiger partial charge in [0.1, 0.15) is 5.82 Å². The van der Waals surface area contributed by atoms with Crippen LogP contribution in [0.25, 0.3) is 0 Å². The number of nitrogens with one attached hydrogen (secondary N) is 2. The number of hydrogen-bond donors (Lipinski definition) is 3. The van der Waals surface area contributed by atoms with E-state index in [-0.39, 0.29) is 11.5 Å². The summed E-state index contributed by atoms with van der Waals surface area (Å²) < 4.78 is 15.1. The van der Waals surface area contributed by atoms with E-state index in [0.29, 0.717) is 18.1 Å². The highest BCUT2D eigenvalue weighted by molar-refractivity contribution is 5.96. The van der Waals surface area contributed by atoms with Gasteiger partial charge in [-0.2, -0.15) is 5.10 Å². The quantitative estimate of drug-likeness (QED) is 0.600. The zero-order chi connectivity index (χ0) is 18.5. The van der Waals surface area contributed by atoms with E-state index in [1.54, 1.807) is 29.1 Å². The van der Waals surface area contributed by atoms with E-state index in [2.05, 4.69) is 25.9 Å². The molecule has 134 valence electrons. The molecule has 0 aliphatic carbocycles. The molecule has 4 N–H and O–H groups in total. The number of hydrogen-bond acceptors (Lipinski definition) is 6. The molecule has 3 rings (SSSR count). The van der Waals surface area contributed by atoms with Gasteiger partial charge in [0.25, 0.3) is 5.91 Å². The molecule has 0 radical (unpaired) electrons. The molecular formula is C17H18FN7O. The number of benzene rings is 1. The van der Waals surface area contributed by atoms with Crippen LogP contribution in [0.3, 0.4) is 0 Å². The summed E-state index contributed by atoms with van der Waals surface area (Å²) in [5.41, 5.74) is 7.23. The monoisotopic (exact) mass is 355 g/mol. The second-order valence-corrected chi connectivity index (χ2v) is 5.55. The van der Waals surface area contributed by atoms with Crippen LogP contribution < -0.4 is 16.4 Å². The first-order valence-electron chi connectivity index (χ1n) is 8.00. The molecule has 0 aliphatic rings. The van der Waals surface area contributed by atoms with E-state index in [9.17, 15) is 9.18 Å².